The monoisotopic (exact) mass is 477 g/mol. The number of benzene rings is 1. The molecule has 0 unspecified atom stereocenters. The Hall–Kier alpha value is -3.37. The van der Waals surface area contributed by atoms with E-state index in [-0.39, 0.29) is 35.0 Å². The Morgan fingerprint density at radius 3 is 2.57 bits per heavy atom. The summed E-state index contributed by atoms with van der Waals surface area (Å²) < 4.78 is 20.4. The van der Waals surface area contributed by atoms with Crippen molar-refractivity contribution in [2.45, 2.75) is 57.1 Å². The normalized spacial score (nSPS) is 23.9. The number of anilines is 1. The van der Waals surface area contributed by atoms with Crippen molar-refractivity contribution in [3.63, 3.8) is 0 Å². The van der Waals surface area contributed by atoms with E-state index in [2.05, 4.69) is 25.3 Å². The number of hydrogen-bond donors (Lipinski definition) is 4. The van der Waals surface area contributed by atoms with Gasteiger partial charge in [0.2, 0.25) is 0 Å². The topological polar surface area (TPSA) is 135 Å². The first-order valence-corrected chi connectivity index (χ1v) is 11.9. The third kappa shape index (κ3) is 3.51. The van der Waals surface area contributed by atoms with Crippen LogP contribution >= 0.6 is 0 Å². The van der Waals surface area contributed by atoms with Crippen LogP contribution in [-0.2, 0) is 5.60 Å². The molecule has 5 N–H and O–H groups in total. The number of rotatable bonds is 5. The van der Waals surface area contributed by atoms with Gasteiger partial charge in [0.05, 0.1) is 29.3 Å². The summed E-state index contributed by atoms with van der Waals surface area (Å²) in [7, 11) is 1.76. The van der Waals surface area contributed by atoms with Gasteiger partial charge in [0.1, 0.15) is 17.1 Å². The van der Waals surface area contributed by atoms with Crippen LogP contribution in [0.2, 0.25) is 0 Å². The summed E-state index contributed by atoms with van der Waals surface area (Å²) in [5.41, 5.74) is 8.18. The number of aliphatic hydroxyl groups is 1. The van der Waals surface area contributed by atoms with E-state index in [0.717, 1.165) is 47.7 Å². The van der Waals surface area contributed by atoms with Crippen LogP contribution in [0.3, 0.4) is 0 Å². The molecule has 0 aliphatic heterocycles. The van der Waals surface area contributed by atoms with Crippen LogP contribution in [0.25, 0.3) is 21.9 Å². The first kappa shape index (κ1) is 22.1. The van der Waals surface area contributed by atoms with E-state index in [9.17, 15) is 9.50 Å². The Bertz CT molecular complexity index is 1440. The van der Waals surface area contributed by atoms with Gasteiger partial charge in [0.15, 0.2) is 11.6 Å². The van der Waals surface area contributed by atoms with E-state index in [4.69, 9.17) is 15.5 Å². The maximum Gasteiger partial charge on any atom is 0.324 e. The fourth-order valence-corrected chi connectivity index (χ4v) is 5.54. The van der Waals surface area contributed by atoms with Crippen molar-refractivity contribution in [2.24, 2.45) is 11.1 Å². The third-order valence-corrected chi connectivity index (χ3v) is 7.62. The molecular weight excluding hydrogens is 449 g/mol. The van der Waals surface area contributed by atoms with E-state index in [1.54, 1.807) is 20.9 Å². The zero-order chi connectivity index (χ0) is 24.5. The Kier molecular flexibility index (Phi) is 4.78. The molecule has 0 bridgehead atoms. The lowest BCUT2D eigenvalue weighted by Gasteiger charge is -2.58. The van der Waals surface area contributed by atoms with Gasteiger partial charge in [-0.15, -0.1) is 0 Å². The molecule has 1 aromatic carbocycles. The quantitative estimate of drug-likeness (QED) is 0.338. The highest BCUT2D eigenvalue weighted by Crippen LogP contribution is 2.61. The highest BCUT2D eigenvalue weighted by atomic mass is 19.1. The molecule has 9 nitrogen and oxygen atoms in total. The summed E-state index contributed by atoms with van der Waals surface area (Å²) in [4.78, 5) is 21.1. The third-order valence-electron chi connectivity index (χ3n) is 7.62. The first-order valence-electron chi connectivity index (χ1n) is 11.9. The minimum atomic E-state index is -1.16. The van der Waals surface area contributed by atoms with Gasteiger partial charge >= 0.3 is 6.01 Å². The number of aromatic amines is 1. The van der Waals surface area contributed by atoms with Gasteiger partial charge in [-0.2, -0.15) is 9.97 Å². The van der Waals surface area contributed by atoms with Crippen molar-refractivity contribution in [3.8, 4) is 11.8 Å². The number of halogens is 1. The summed E-state index contributed by atoms with van der Waals surface area (Å²) in [6.07, 6.45) is 7.07. The fraction of sp³-hybridized carbons (Fsp3) is 0.440. The van der Waals surface area contributed by atoms with Crippen molar-refractivity contribution in [2.75, 3.05) is 12.4 Å². The van der Waals surface area contributed by atoms with E-state index < -0.39 is 5.60 Å². The standard InChI is InChI=1S/C25H28FN7O2/c1-24(2,34)22-29-10-14(11-30-22)35-23-32-19(12-8-25(9-12)5-4-17(25)27)18-15-6-13(26)7-16(28-3)20(15)31-21(18)33-23/h6-7,10-12,17,28,34H,4-5,8-9,27H2,1-3H3,(H,31,32,33)/t12?,17-,25?/m1/s1. The number of aromatic nitrogens is 5. The predicted molar refractivity (Wildman–Crippen MR) is 130 cm³/mol. The van der Waals surface area contributed by atoms with Gasteiger partial charge in [-0.25, -0.2) is 14.4 Å². The van der Waals surface area contributed by atoms with Crippen LogP contribution in [0.1, 0.15) is 57.0 Å². The number of H-pyrrole nitrogens is 1. The molecule has 1 spiro atoms. The van der Waals surface area contributed by atoms with Crippen LogP contribution < -0.4 is 15.8 Å². The summed E-state index contributed by atoms with van der Waals surface area (Å²) in [6.45, 7) is 3.23. The van der Waals surface area contributed by atoms with Gasteiger partial charge in [-0.05, 0) is 57.1 Å². The number of nitrogens with zero attached hydrogens (tertiary/aromatic N) is 4. The van der Waals surface area contributed by atoms with Gasteiger partial charge < -0.3 is 25.9 Å². The molecular formula is C25H28FN7O2. The van der Waals surface area contributed by atoms with Crippen molar-refractivity contribution >= 4 is 27.6 Å². The molecule has 2 aliphatic carbocycles. The van der Waals surface area contributed by atoms with Crippen LogP contribution in [0.15, 0.2) is 24.5 Å². The molecule has 3 aromatic heterocycles. The Morgan fingerprint density at radius 2 is 1.97 bits per heavy atom. The molecule has 182 valence electrons. The zero-order valence-electron chi connectivity index (χ0n) is 19.9. The lowest BCUT2D eigenvalue weighted by molar-refractivity contribution is -0.0181. The lowest BCUT2D eigenvalue weighted by Crippen LogP contribution is -2.57. The highest BCUT2D eigenvalue weighted by molar-refractivity contribution is 6.11. The number of hydrogen-bond acceptors (Lipinski definition) is 8. The number of nitrogens with two attached hydrogens (primary N) is 1. The Labute approximate surface area is 201 Å². The molecule has 2 saturated carbocycles. The lowest BCUT2D eigenvalue weighted by atomic mass is 9.48. The summed E-state index contributed by atoms with van der Waals surface area (Å²) in [5.74, 6) is 0.496. The molecule has 4 aromatic rings. The van der Waals surface area contributed by atoms with Crippen molar-refractivity contribution < 1.29 is 14.2 Å². The predicted octanol–water partition coefficient (Wildman–Crippen LogP) is 4.09. The summed E-state index contributed by atoms with van der Waals surface area (Å²) in [5, 5.41) is 14.7. The van der Waals surface area contributed by atoms with Gasteiger partial charge in [-0.3, -0.25) is 0 Å². The second kappa shape index (κ2) is 7.56. The first-order chi connectivity index (χ1) is 16.7. The van der Waals surface area contributed by atoms with E-state index in [1.807, 2.05) is 0 Å². The largest absolute Gasteiger partial charge is 0.421 e. The smallest absolute Gasteiger partial charge is 0.324 e. The average molecular weight is 478 g/mol. The minimum absolute atomic E-state index is 0.156. The molecule has 2 fully saturated rings. The second-order valence-corrected chi connectivity index (χ2v) is 10.4. The molecule has 6 rings (SSSR count). The molecule has 2 aliphatic rings. The summed E-state index contributed by atoms with van der Waals surface area (Å²) in [6, 6.07) is 3.36. The Balaban J connectivity index is 1.44. The van der Waals surface area contributed by atoms with Crippen LogP contribution in [0.5, 0.6) is 11.8 Å². The minimum Gasteiger partial charge on any atom is -0.421 e. The molecule has 10 heteroatoms. The fourth-order valence-electron chi connectivity index (χ4n) is 5.54. The average Bonchev–Trinajstić information content (AvgIpc) is 3.14. The van der Waals surface area contributed by atoms with Gasteiger partial charge in [0.25, 0.3) is 0 Å². The molecule has 0 amide bonds. The van der Waals surface area contributed by atoms with E-state index in [0.29, 0.717) is 17.1 Å². The number of fused-ring (bicyclic) bond motifs is 3. The molecule has 1 atom stereocenters. The maximum absolute atomic E-state index is 14.5. The van der Waals surface area contributed by atoms with Crippen LogP contribution in [-0.4, -0.2) is 43.1 Å². The molecule has 0 saturated heterocycles. The molecule has 35 heavy (non-hydrogen) atoms. The van der Waals surface area contributed by atoms with Crippen molar-refractivity contribution in [3.05, 3.63) is 41.9 Å². The molecule has 0 radical (unpaired) electrons. The Morgan fingerprint density at radius 1 is 1.23 bits per heavy atom. The van der Waals surface area contributed by atoms with Gasteiger partial charge in [0, 0.05) is 29.8 Å². The number of ether oxygens (including phenoxy) is 1. The highest BCUT2D eigenvalue weighted by Gasteiger charge is 2.54. The van der Waals surface area contributed by atoms with E-state index >= 15 is 0 Å². The second-order valence-electron chi connectivity index (χ2n) is 10.4. The summed E-state index contributed by atoms with van der Waals surface area (Å²) >= 11 is 0. The van der Waals surface area contributed by atoms with Crippen molar-refractivity contribution in [1.82, 2.24) is 24.9 Å². The van der Waals surface area contributed by atoms with E-state index in [1.165, 1.54) is 24.5 Å². The SMILES string of the molecule is CNc1cc(F)cc2c1[nH]c1nc(Oc3cnc(C(C)(C)O)nc3)nc(C3CC4(CC[C@H]4N)C3)c12. The molecule has 3 heterocycles. The van der Waals surface area contributed by atoms with Crippen LogP contribution in [0.4, 0.5) is 10.1 Å². The number of nitrogens with one attached hydrogen (secondary N) is 2. The van der Waals surface area contributed by atoms with Gasteiger partial charge in [-0.1, -0.05) is 0 Å². The van der Waals surface area contributed by atoms with Crippen LogP contribution in [0, 0.1) is 11.2 Å². The van der Waals surface area contributed by atoms with Crippen molar-refractivity contribution in [1.29, 1.82) is 0 Å². The maximum atomic E-state index is 14.5. The zero-order valence-corrected chi connectivity index (χ0v) is 19.9.